The van der Waals surface area contributed by atoms with Crippen LogP contribution in [0.3, 0.4) is 0 Å². The van der Waals surface area contributed by atoms with E-state index in [1.54, 1.807) is 23.0 Å². The van der Waals surface area contributed by atoms with Gasteiger partial charge in [-0.3, -0.25) is 4.68 Å². The van der Waals surface area contributed by atoms with Crippen molar-refractivity contribution in [3.8, 4) is 0 Å². The molecule has 0 bridgehead atoms. The largest absolute Gasteiger partial charge is 0.363 e. The van der Waals surface area contributed by atoms with Crippen molar-refractivity contribution in [2.24, 2.45) is 7.05 Å². The Labute approximate surface area is 147 Å². The van der Waals surface area contributed by atoms with Gasteiger partial charge >= 0.3 is 0 Å². The number of nitrogens with one attached hydrogen (secondary N) is 1. The van der Waals surface area contributed by atoms with Gasteiger partial charge < -0.3 is 5.32 Å². The predicted octanol–water partition coefficient (Wildman–Crippen LogP) is 2.50. The molecule has 2 heterocycles. The van der Waals surface area contributed by atoms with E-state index in [1.165, 1.54) is 6.26 Å². The van der Waals surface area contributed by atoms with Crippen LogP contribution in [0.15, 0.2) is 35.4 Å². The van der Waals surface area contributed by atoms with Gasteiger partial charge in [0.15, 0.2) is 15.5 Å². The molecule has 0 spiro atoms. The van der Waals surface area contributed by atoms with Gasteiger partial charge in [0.1, 0.15) is 11.6 Å². The normalized spacial score (nSPS) is 13.1. The maximum absolute atomic E-state index is 11.6. The average molecular weight is 359 g/mol. The lowest BCUT2D eigenvalue weighted by Gasteiger charge is -2.16. The first kappa shape index (κ1) is 17.3. The van der Waals surface area contributed by atoms with E-state index in [-0.39, 0.29) is 6.04 Å². The third-order valence-corrected chi connectivity index (χ3v) is 5.24. The fourth-order valence-electron chi connectivity index (χ4n) is 2.63. The molecule has 0 fully saturated rings. The summed E-state index contributed by atoms with van der Waals surface area (Å²) >= 11 is 0. The Bertz CT molecular complexity index is 1010. The lowest BCUT2D eigenvalue weighted by molar-refractivity contribution is 0.602. The lowest BCUT2D eigenvalue weighted by Crippen LogP contribution is -2.10. The minimum atomic E-state index is -3.19. The van der Waals surface area contributed by atoms with Gasteiger partial charge in [0, 0.05) is 25.8 Å². The molecule has 3 rings (SSSR count). The molecule has 1 aromatic carbocycles. The minimum absolute atomic E-state index is 0.0448. The summed E-state index contributed by atoms with van der Waals surface area (Å²) in [7, 11) is -1.34. The molecule has 7 nitrogen and oxygen atoms in total. The van der Waals surface area contributed by atoms with Crippen molar-refractivity contribution in [3.63, 3.8) is 0 Å². The first-order chi connectivity index (χ1) is 11.8. The van der Waals surface area contributed by atoms with E-state index in [9.17, 15) is 8.42 Å². The van der Waals surface area contributed by atoms with Gasteiger partial charge in [0.25, 0.3) is 0 Å². The topological polar surface area (TPSA) is 89.8 Å². The Morgan fingerprint density at radius 3 is 2.48 bits per heavy atom. The van der Waals surface area contributed by atoms with Crippen LogP contribution in [0.1, 0.15) is 31.3 Å². The molecule has 0 radical (unpaired) electrons. The number of benzene rings is 1. The summed E-state index contributed by atoms with van der Waals surface area (Å²) in [4.78, 5) is 9.41. The van der Waals surface area contributed by atoms with Crippen LogP contribution in [0.25, 0.3) is 11.0 Å². The molecular weight excluding hydrogens is 338 g/mol. The molecule has 0 aliphatic heterocycles. The van der Waals surface area contributed by atoms with Crippen molar-refractivity contribution >= 4 is 26.7 Å². The smallest absolute Gasteiger partial charge is 0.175 e. The first-order valence-electron chi connectivity index (χ1n) is 8.04. The highest BCUT2D eigenvalue weighted by Crippen LogP contribution is 2.25. The molecule has 8 heteroatoms. The second-order valence-corrected chi connectivity index (χ2v) is 8.07. The number of hydrogen-bond acceptors (Lipinski definition) is 6. The van der Waals surface area contributed by atoms with Crippen LogP contribution in [0.2, 0.25) is 0 Å². The Morgan fingerprint density at radius 1 is 1.20 bits per heavy atom. The molecule has 1 atom stereocenters. The van der Waals surface area contributed by atoms with Crippen molar-refractivity contribution < 1.29 is 8.42 Å². The zero-order valence-corrected chi connectivity index (χ0v) is 15.5. The van der Waals surface area contributed by atoms with Crippen LogP contribution in [-0.4, -0.2) is 34.4 Å². The molecule has 0 amide bonds. The maximum Gasteiger partial charge on any atom is 0.175 e. The van der Waals surface area contributed by atoms with E-state index in [4.69, 9.17) is 0 Å². The van der Waals surface area contributed by atoms with Crippen LogP contribution in [0.4, 0.5) is 5.82 Å². The molecule has 0 aliphatic carbocycles. The molecule has 25 heavy (non-hydrogen) atoms. The number of anilines is 1. The molecule has 132 valence electrons. The van der Waals surface area contributed by atoms with Crippen molar-refractivity contribution in [1.29, 1.82) is 0 Å². The van der Waals surface area contributed by atoms with Gasteiger partial charge in [0.2, 0.25) is 0 Å². The summed E-state index contributed by atoms with van der Waals surface area (Å²) in [5, 5.41) is 8.51. The summed E-state index contributed by atoms with van der Waals surface area (Å²) in [6.07, 6.45) is 3.68. The number of rotatable bonds is 5. The molecule has 0 aliphatic rings. The number of hydrogen-bond donors (Lipinski definition) is 1. The highest BCUT2D eigenvalue weighted by atomic mass is 32.2. The highest BCUT2D eigenvalue weighted by molar-refractivity contribution is 7.90. The van der Waals surface area contributed by atoms with E-state index in [0.29, 0.717) is 4.90 Å². The number of nitrogens with zero attached hydrogens (tertiary/aromatic N) is 4. The van der Waals surface area contributed by atoms with Crippen LogP contribution >= 0.6 is 0 Å². The van der Waals surface area contributed by atoms with Gasteiger partial charge in [-0.05, 0) is 24.6 Å². The van der Waals surface area contributed by atoms with Gasteiger partial charge in [-0.15, -0.1) is 0 Å². The Kier molecular flexibility index (Phi) is 4.47. The standard InChI is InChI=1S/C17H21N5O2S/c1-5-15-20-16(14-10-18-22(3)17(14)21-15)19-11(2)12-6-8-13(9-7-12)25(4,23)24/h6-11H,5H2,1-4H3,(H,19,20,21)/t11-/m1/s1. The minimum Gasteiger partial charge on any atom is -0.363 e. The second-order valence-electron chi connectivity index (χ2n) is 6.05. The lowest BCUT2D eigenvalue weighted by atomic mass is 10.1. The zero-order valence-electron chi connectivity index (χ0n) is 14.7. The molecular formula is C17H21N5O2S. The number of aryl methyl sites for hydroxylation is 2. The maximum atomic E-state index is 11.6. The Hall–Kier alpha value is -2.48. The molecule has 0 saturated carbocycles. The Morgan fingerprint density at radius 2 is 1.88 bits per heavy atom. The quantitative estimate of drug-likeness (QED) is 0.753. The summed E-state index contributed by atoms with van der Waals surface area (Å²) in [5.74, 6) is 1.48. The van der Waals surface area contributed by atoms with Gasteiger partial charge in [0.05, 0.1) is 16.5 Å². The van der Waals surface area contributed by atoms with Crippen molar-refractivity contribution in [3.05, 3.63) is 41.9 Å². The monoisotopic (exact) mass is 359 g/mol. The van der Waals surface area contributed by atoms with E-state index < -0.39 is 9.84 Å². The summed E-state index contributed by atoms with van der Waals surface area (Å²) < 4.78 is 24.9. The predicted molar refractivity (Wildman–Crippen MR) is 97.3 cm³/mol. The number of aromatic nitrogens is 4. The Balaban J connectivity index is 1.93. The molecule has 2 aromatic heterocycles. The molecule has 3 aromatic rings. The van der Waals surface area contributed by atoms with Gasteiger partial charge in [-0.25, -0.2) is 18.4 Å². The SMILES string of the molecule is CCc1nc(N[C@H](C)c2ccc(S(C)(=O)=O)cc2)c2cnn(C)c2n1. The van der Waals surface area contributed by atoms with Gasteiger partial charge in [-0.2, -0.15) is 5.10 Å². The van der Waals surface area contributed by atoms with E-state index in [0.717, 1.165) is 34.7 Å². The fraction of sp³-hybridized carbons (Fsp3) is 0.353. The summed E-state index contributed by atoms with van der Waals surface area (Å²) in [6.45, 7) is 4.01. The van der Waals surface area contributed by atoms with E-state index in [2.05, 4.69) is 20.4 Å². The molecule has 0 unspecified atom stereocenters. The number of sulfone groups is 1. The first-order valence-corrected chi connectivity index (χ1v) is 9.94. The molecule has 0 saturated heterocycles. The highest BCUT2D eigenvalue weighted by Gasteiger charge is 2.14. The van der Waals surface area contributed by atoms with Crippen molar-refractivity contribution in [2.75, 3.05) is 11.6 Å². The molecule has 1 N–H and O–H groups in total. The van der Waals surface area contributed by atoms with E-state index >= 15 is 0 Å². The zero-order chi connectivity index (χ0) is 18.2. The second kappa shape index (κ2) is 6.44. The van der Waals surface area contributed by atoms with Crippen LogP contribution in [0, 0.1) is 0 Å². The van der Waals surface area contributed by atoms with Gasteiger partial charge in [-0.1, -0.05) is 19.1 Å². The summed E-state index contributed by atoms with van der Waals surface area (Å²) in [6, 6.07) is 6.84. The number of fused-ring (bicyclic) bond motifs is 1. The van der Waals surface area contributed by atoms with Crippen LogP contribution < -0.4 is 5.32 Å². The fourth-order valence-corrected chi connectivity index (χ4v) is 3.26. The van der Waals surface area contributed by atoms with E-state index in [1.807, 2.05) is 33.0 Å². The van der Waals surface area contributed by atoms with Crippen molar-refractivity contribution in [1.82, 2.24) is 19.7 Å². The average Bonchev–Trinajstić information content (AvgIpc) is 2.95. The third-order valence-electron chi connectivity index (χ3n) is 4.12. The third kappa shape index (κ3) is 3.48. The summed E-state index contributed by atoms with van der Waals surface area (Å²) in [5.41, 5.74) is 1.76. The van der Waals surface area contributed by atoms with Crippen LogP contribution in [0.5, 0.6) is 0 Å². The van der Waals surface area contributed by atoms with Crippen molar-refractivity contribution in [2.45, 2.75) is 31.2 Å². The van der Waals surface area contributed by atoms with Crippen LogP contribution in [-0.2, 0) is 23.3 Å².